The minimum Gasteiger partial charge on any atom is -0.310 e. The smallest absolute Gasteiger partial charge is 0.0554 e. The second-order valence-corrected chi connectivity index (χ2v) is 14.3. The average molecular weight is 634 g/mol. The van der Waals surface area contributed by atoms with Crippen LogP contribution in [0.1, 0.15) is 0 Å². The number of fused-ring (bicyclic) bond motifs is 8. The molecular formula is C44H27NS2. The molecule has 0 bridgehead atoms. The highest BCUT2D eigenvalue weighted by molar-refractivity contribution is 7.26. The number of hydrogen-bond acceptors (Lipinski definition) is 3. The largest absolute Gasteiger partial charge is 0.310 e. The number of thiophene rings is 2. The van der Waals surface area contributed by atoms with Gasteiger partial charge in [0.15, 0.2) is 0 Å². The molecule has 0 saturated heterocycles. The van der Waals surface area contributed by atoms with Crippen LogP contribution in [-0.4, -0.2) is 0 Å². The molecule has 0 fully saturated rings. The third-order valence-corrected chi connectivity index (χ3v) is 11.7. The number of benzene rings is 8. The molecule has 0 atom stereocenters. The lowest BCUT2D eigenvalue weighted by molar-refractivity contribution is 1.31. The van der Waals surface area contributed by atoms with Crippen molar-refractivity contribution in [3.63, 3.8) is 0 Å². The van der Waals surface area contributed by atoms with Crippen LogP contribution in [0.25, 0.3) is 73.0 Å². The fourth-order valence-corrected chi connectivity index (χ4v) is 9.49. The van der Waals surface area contributed by atoms with E-state index in [4.69, 9.17) is 0 Å². The van der Waals surface area contributed by atoms with Crippen molar-refractivity contribution < 1.29 is 0 Å². The molecule has 220 valence electrons. The normalized spacial score (nSPS) is 11.8. The van der Waals surface area contributed by atoms with E-state index in [1.165, 1.54) is 78.7 Å². The van der Waals surface area contributed by atoms with Crippen LogP contribution in [-0.2, 0) is 0 Å². The first-order valence-corrected chi connectivity index (χ1v) is 17.6. The van der Waals surface area contributed by atoms with E-state index in [9.17, 15) is 0 Å². The Morgan fingerprint density at radius 1 is 0.362 bits per heavy atom. The maximum Gasteiger partial charge on any atom is 0.0554 e. The Hall–Kier alpha value is -5.48. The molecule has 0 spiro atoms. The SMILES string of the molecule is c1ccc2c(-c3ccc(N(c4ccc5cc6sc7ccccc7c6cc5c4)c4cccc5sc6ccccc6c45)cc3)cccc2c1. The second kappa shape index (κ2) is 10.5. The Morgan fingerprint density at radius 3 is 1.89 bits per heavy atom. The van der Waals surface area contributed by atoms with Crippen LogP contribution in [0.15, 0.2) is 164 Å². The van der Waals surface area contributed by atoms with Gasteiger partial charge in [0.1, 0.15) is 0 Å². The number of anilines is 3. The minimum atomic E-state index is 1.14. The first kappa shape index (κ1) is 26.7. The van der Waals surface area contributed by atoms with Crippen LogP contribution in [0.5, 0.6) is 0 Å². The Kier molecular flexibility index (Phi) is 5.98. The van der Waals surface area contributed by atoms with E-state index >= 15 is 0 Å². The van der Waals surface area contributed by atoms with Gasteiger partial charge in [-0.2, -0.15) is 0 Å². The first-order valence-electron chi connectivity index (χ1n) is 15.9. The van der Waals surface area contributed by atoms with Crippen molar-refractivity contribution in [2.75, 3.05) is 4.90 Å². The molecule has 47 heavy (non-hydrogen) atoms. The average Bonchev–Trinajstić information content (AvgIpc) is 3.69. The van der Waals surface area contributed by atoms with Crippen molar-refractivity contribution in [3.8, 4) is 11.1 Å². The van der Waals surface area contributed by atoms with E-state index in [-0.39, 0.29) is 0 Å². The van der Waals surface area contributed by atoms with E-state index in [0.29, 0.717) is 0 Å². The van der Waals surface area contributed by atoms with Gasteiger partial charge in [-0.1, -0.05) is 103 Å². The highest BCUT2D eigenvalue weighted by Gasteiger charge is 2.19. The second-order valence-electron chi connectivity index (χ2n) is 12.1. The molecule has 0 saturated carbocycles. The van der Waals surface area contributed by atoms with Crippen molar-refractivity contribution in [1.82, 2.24) is 0 Å². The summed E-state index contributed by atoms with van der Waals surface area (Å²) in [5.41, 5.74) is 5.95. The van der Waals surface area contributed by atoms with Gasteiger partial charge in [-0.15, -0.1) is 22.7 Å². The summed E-state index contributed by atoms with van der Waals surface area (Å²) in [7, 11) is 0. The van der Waals surface area contributed by atoms with Crippen LogP contribution in [0, 0.1) is 0 Å². The van der Waals surface area contributed by atoms with Gasteiger partial charge < -0.3 is 4.90 Å². The van der Waals surface area contributed by atoms with Gasteiger partial charge >= 0.3 is 0 Å². The predicted molar refractivity (Wildman–Crippen MR) is 207 cm³/mol. The van der Waals surface area contributed by atoms with E-state index in [2.05, 4.69) is 169 Å². The molecule has 0 aliphatic rings. The maximum absolute atomic E-state index is 2.45. The summed E-state index contributed by atoms with van der Waals surface area (Å²) in [4.78, 5) is 2.45. The van der Waals surface area contributed by atoms with Crippen molar-refractivity contribution in [2.45, 2.75) is 0 Å². The summed E-state index contributed by atoms with van der Waals surface area (Å²) in [5.74, 6) is 0. The fourth-order valence-electron chi connectivity index (χ4n) is 7.23. The van der Waals surface area contributed by atoms with Gasteiger partial charge in [-0.3, -0.25) is 0 Å². The highest BCUT2D eigenvalue weighted by atomic mass is 32.1. The molecular weight excluding hydrogens is 607 g/mol. The molecule has 0 amide bonds. The Morgan fingerprint density at radius 2 is 1.02 bits per heavy atom. The van der Waals surface area contributed by atoms with Crippen LogP contribution < -0.4 is 4.90 Å². The van der Waals surface area contributed by atoms with Gasteiger partial charge in [0.2, 0.25) is 0 Å². The van der Waals surface area contributed by atoms with Crippen LogP contribution >= 0.6 is 22.7 Å². The standard InChI is InChI=1S/C44H27NS2/c1-2-11-34-28(9-1)10-7-14-35(34)29-19-22-32(23-20-29)45(39-15-8-18-42-44(39)37-13-4-6-17-41(37)46-42)33-24-21-30-27-43-38(26-31(30)25-33)36-12-3-5-16-40(36)47-43/h1-27H. The lowest BCUT2D eigenvalue weighted by Crippen LogP contribution is -2.10. The third kappa shape index (κ3) is 4.28. The van der Waals surface area contributed by atoms with E-state index in [1.807, 2.05) is 22.7 Å². The van der Waals surface area contributed by atoms with E-state index < -0.39 is 0 Å². The molecule has 0 N–H and O–H groups in total. The molecule has 2 heterocycles. The summed E-state index contributed by atoms with van der Waals surface area (Å²) < 4.78 is 5.28. The molecule has 0 aliphatic heterocycles. The quantitative estimate of drug-likeness (QED) is 0.186. The topological polar surface area (TPSA) is 3.24 Å². The van der Waals surface area contributed by atoms with Crippen molar-refractivity contribution in [1.29, 1.82) is 0 Å². The maximum atomic E-state index is 2.45. The molecule has 3 heteroatoms. The molecule has 10 aromatic rings. The predicted octanol–water partition coefficient (Wildman–Crippen LogP) is 13.9. The zero-order chi connectivity index (χ0) is 30.9. The Bertz CT molecular complexity index is 2800. The van der Waals surface area contributed by atoms with E-state index in [0.717, 1.165) is 11.4 Å². The van der Waals surface area contributed by atoms with Crippen molar-refractivity contribution in [3.05, 3.63) is 164 Å². The number of hydrogen-bond donors (Lipinski definition) is 0. The zero-order valence-corrected chi connectivity index (χ0v) is 27.0. The van der Waals surface area contributed by atoms with Crippen LogP contribution in [0.3, 0.4) is 0 Å². The fraction of sp³-hybridized carbons (Fsp3) is 0. The summed E-state index contributed by atoms with van der Waals surface area (Å²) in [6.07, 6.45) is 0. The summed E-state index contributed by atoms with van der Waals surface area (Å²) in [6, 6.07) is 60.3. The monoisotopic (exact) mass is 633 g/mol. The molecule has 0 aliphatic carbocycles. The zero-order valence-electron chi connectivity index (χ0n) is 25.4. The molecule has 1 nitrogen and oxygen atoms in total. The van der Waals surface area contributed by atoms with Crippen molar-refractivity contribution in [2.24, 2.45) is 0 Å². The molecule has 10 rings (SSSR count). The molecule has 0 radical (unpaired) electrons. The van der Waals surface area contributed by atoms with Gasteiger partial charge in [0, 0.05) is 51.7 Å². The molecule has 0 unspecified atom stereocenters. The first-order chi connectivity index (χ1) is 23.3. The lowest BCUT2D eigenvalue weighted by Gasteiger charge is -2.27. The molecule has 2 aromatic heterocycles. The lowest BCUT2D eigenvalue weighted by atomic mass is 9.98. The van der Waals surface area contributed by atoms with Gasteiger partial charge in [-0.25, -0.2) is 0 Å². The highest BCUT2D eigenvalue weighted by Crippen LogP contribution is 2.46. The van der Waals surface area contributed by atoms with Gasteiger partial charge in [-0.05, 0) is 93.3 Å². The Labute approximate surface area is 280 Å². The summed E-state index contributed by atoms with van der Waals surface area (Å²) in [5, 5.41) is 10.3. The van der Waals surface area contributed by atoms with Crippen LogP contribution in [0.4, 0.5) is 17.1 Å². The number of rotatable bonds is 4. The third-order valence-electron chi connectivity index (χ3n) is 9.43. The van der Waals surface area contributed by atoms with Crippen LogP contribution in [0.2, 0.25) is 0 Å². The minimum absolute atomic E-state index is 1.14. The Balaban J connectivity index is 1.19. The summed E-state index contributed by atoms with van der Waals surface area (Å²) >= 11 is 3.74. The molecule has 8 aromatic carbocycles. The van der Waals surface area contributed by atoms with Gasteiger partial charge in [0.25, 0.3) is 0 Å². The van der Waals surface area contributed by atoms with Crippen molar-refractivity contribution >= 4 is 102 Å². The van der Waals surface area contributed by atoms with Gasteiger partial charge in [0.05, 0.1) is 5.69 Å². The number of nitrogens with zero attached hydrogens (tertiary/aromatic N) is 1. The van der Waals surface area contributed by atoms with E-state index in [1.54, 1.807) is 0 Å². The summed E-state index contributed by atoms with van der Waals surface area (Å²) in [6.45, 7) is 0.